The van der Waals surface area contributed by atoms with Crippen molar-refractivity contribution in [2.75, 3.05) is 45.0 Å². The van der Waals surface area contributed by atoms with Crippen LogP contribution in [-0.4, -0.2) is 59.2 Å². The Morgan fingerprint density at radius 3 is 2.39 bits per heavy atom. The molecule has 2 N–H and O–H groups in total. The molecule has 8 nitrogen and oxygen atoms in total. The molecule has 2 rings (SSSR count). The lowest BCUT2D eigenvalue weighted by molar-refractivity contribution is -0.153. The molecular formula is C19H22F3N3O5S. The summed E-state index contributed by atoms with van der Waals surface area (Å²) in [4.78, 5) is 12.1. The molecule has 0 atom stereocenters. The van der Waals surface area contributed by atoms with E-state index in [1.165, 1.54) is 57.6 Å². The topological polar surface area (TPSA) is 97.0 Å². The maximum Gasteiger partial charge on any atom is 0.422 e. The molecule has 2 aromatic carbocycles. The molecule has 0 radical (unpaired) electrons. The summed E-state index contributed by atoms with van der Waals surface area (Å²) in [6, 6.07) is 10.0. The Hall–Kier alpha value is -2.99. The van der Waals surface area contributed by atoms with E-state index in [-0.39, 0.29) is 34.3 Å². The maximum atomic E-state index is 12.5. The summed E-state index contributed by atoms with van der Waals surface area (Å²) < 4.78 is 72.9. The van der Waals surface area contributed by atoms with Gasteiger partial charge in [-0.3, -0.25) is 4.79 Å². The summed E-state index contributed by atoms with van der Waals surface area (Å²) in [6.07, 6.45) is -4.50. The van der Waals surface area contributed by atoms with Crippen LogP contribution in [0.25, 0.3) is 0 Å². The highest BCUT2D eigenvalue weighted by Gasteiger charge is 2.29. The molecule has 0 aliphatic rings. The van der Waals surface area contributed by atoms with Gasteiger partial charge in [0.25, 0.3) is 0 Å². The molecule has 0 aliphatic heterocycles. The zero-order valence-electron chi connectivity index (χ0n) is 17.0. The summed E-state index contributed by atoms with van der Waals surface area (Å²) in [5, 5.41) is 5.23. The molecule has 0 heterocycles. The smallest absolute Gasteiger partial charge is 0.422 e. The van der Waals surface area contributed by atoms with Gasteiger partial charge in [-0.05, 0) is 30.3 Å². The first-order valence-corrected chi connectivity index (χ1v) is 10.3. The Morgan fingerprint density at radius 1 is 1.10 bits per heavy atom. The number of hydrogen-bond acceptors (Lipinski definition) is 6. The van der Waals surface area contributed by atoms with Crippen LogP contribution in [0.4, 0.5) is 24.5 Å². The highest BCUT2D eigenvalue weighted by Crippen LogP contribution is 2.29. The SMILES string of the molecule is COc1ccc(NC(=O)CNc2ccccc2OCC(F)(F)F)cc1S(=O)(=O)N(C)C. The number of hydrogen-bond donors (Lipinski definition) is 2. The average molecular weight is 461 g/mol. The summed E-state index contributed by atoms with van der Waals surface area (Å²) in [6.45, 7) is -1.76. The van der Waals surface area contributed by atoms with E-state index >= 15 is 0 Å². The fourth-order valence-corrected chi connectivity index (χ4v) is 3.51. The molecule has 0 spiro atoms. The zero-order chi connectivity index (χ0) is 23.2. The molecule has 1 amide bonds. The van der Waals surface area contributed by atoms with Crippen molar-refractivity contribution in [2.45, 2.75) is 11.1 Å². The molecule has 0 saturated heterocycles. The van der Waals surface area contributed by atoms with E-state index in [2.05, 4.69) is 10.6 Å². The van der Waals surface area contributed by atoms with Gasteiger partial charge in [-0.15, -0.1) is 0 Å². The van der Waals surface area contributed by atoms with Gasteiger partial charge in [0.2, 0.25) is 15.9 Å². The average Bonchev–Trinajstić information content (AvgIpc) is 2.70. The number of amides is 1. The zero-order valence-corrected chi connectivity index (χ0v) is 17.8. The van der Waals surface area contributed by atoms with Crippen molar-refractivity contribution in [1.82, 2.24) is 4.31 Å². The second kappa shape index (κ2) is 9.88. The molecule has 0 fully saturated rings. The van der Waals surface area contributed by atoms with Crippen molar-refractivity contribution in [3.05, 3.63) is 42.5 Å². The van der Waals surface area contributed by atoms with Crippen molar-refractivity contribution in [3.63, 3.8) is 0 Å². The van der Waals surface area contributed by atoms with Crippen LogP contribution in [-0.2, 0) is 14.8 Å². The fourth-order valence-electron chi connectivity index (χ4n) is 2.43. The lowest BCUT2D eigenvalue weighted by Gasteiger charge is -2.16. The van der Waals surface area contributed by atoms with E-state index in [1.807, 2.05) is 0 Å². The number of para-hydroxylation sites is 2. The number of anilines is 2. The lowest BCUT2D eigenvalue weighted by Crippen LogP contribution is -2.24. The van der Waals surface area contributed by atoms with E-state index in [1.54, 1.807) is 6.07 Å². The molecule has 0 aliphatic carbocycles. The van der Waals surface area contributed by atoms with Gasteiger partial charge < -0.3 is 20.1 Å². The quantitative estimate of drug-likeness (QED) is 0.596. The van der Waals surface area contributed by atoms with Crippen molar-refractivity contribution < 1.29 is 35.9 Å². The summed E-state index contributed by atoms with van der Waals surface area (Å²) in [7, 11) is 0.226. The van der Waals surface area contributed by atoms with E-state index in [0.717, 1.165) is 4.31 Å². The number of sulfonamides is 1. The number of rotatable bonds is 9. The minimum absolute atomic E-state index is 0.0589. The van der Waals surface area contributed by atoms with Gasteiger partial charge in [-0.1, -0.05) is 12.1 Å². The first kappa shape index (κ1) is 24.3. The predicted octanol–water partition coefficient (Wildman–Crippen LogP) is 2.94. The van der Waals surface area contributed by atoms with Crippen LogP contribution < -0.4 is 20.1 Å². The Bertz CT molecular complexity index is 1030. The molecule has 12 heteroatoms. The third kappa shape index (κ3) is 6.76. The van der Waals surface area contributed by atoms with E-state index in [4.69, 9.17) is 9.47 Å². The highest BCUT2D eigenvalue weighted by atomic mass is 32.2. The Morgan fingerprint density at radius 2 is 1.77 bits per heavy atom. The van der Waals surface area contributed by atoms with Gasteiger partial charge in [-0.25, -0.2) is 12.7 Å². The summed E-state index contributed by atoms with van der Waals surface area (Å²) in [5.41, 5.74) is 0.405. The van der Waals surface area contributed by atoms with Gasteiger partial charge in [-0.2, -0.15) is 13.2 Å². The fraction of sp³-hybridized carbons (Fsp3) is 0.316. The highest BCUT2D eigenvalue weighted by molar-refractivity contribution is 7.89. The largest absolute Gasteiger partial charge is 0.495 e. The number of nitrogens with one attached hydrogen (secondary N) is 2. The minimum Gasteiger partial charge on any atom is -0.495 e. The molecule has 170 valence electrons. The third-order valence-electron chi connectivity index (χ3n) is 3.92. The van der Waals surface area contributed by atoms with E-state index in [9.17, 15) is 26.4 Å². The minimum atomic E-state index is -4.50. The standard InChI is InChI=1S/C19H22F3N3O5S/c1-25(2)31(27,28)17-10-13(8-9-16(17)29-3)24-18(26)11-23-14-6-4-5-7-15(14)30-12-19(20,21)22/h4-10,23H,11-12H2,1-3H3,(H,24,26). The number of nitrogens with zero attached hydrogens (tertiary/aromatic N) is 1. The van der Waals surface area contributed by atoms with Crippen LogP contribution in [0.15, 0.2) is 47.4 Å². The Kier molecular flexibility index (Phi) is 7.74. The molecule has 0 bridgehead atoms. The number of ether oxygens (including phenoxy) is 2. The third-order valence-corrected chi connectivity index (χ3v) is 5.76. The summed E-state index contributed by atoms with van der Waals surface area (Å²) >= 11 is 0. The van der Waals surface area contributed by atoms with Crippen molar-refractivity contribution in [2.24, 2.45) is 0 Å². The van der Waals surface area contributed by atoms with Crippen LogP contribution in [0.2, 0.25) is 0 Å². The Balaban J connectivity index is 2.09. The lowest BCUT2D eigenvalue weighted by atomic mass is 10.3. The van der Waals surface area contributed by atoms with Crippen molar-refractivity contribution in [1.29, 1.82) is 0 Å². The van der Waals surface area contributed by atoms with Crippen LogP contribution >= 0.6 is 0 Å². The summed E-state index contributed by atoms with van der Waals surface area (Å²) in [5.74, 6) is -0.499. The number of halogens is 3. The number of carbonyl (C=O) groups excluding carboxylic acids is 1. The number of alkyl halides is 3. The van der Waals surface area contributed by atoms with Crippen LogP contribution in [0, 0.1) is 0 Å². The van der Waals surface area contributed by atoms with Crippen LogP contribution in [0.1, 0.15) is 0 Å². The van der Waals surface area contributed by atoms with Gasteiger partial charge in [0.15, 0.2) is 6.61 Å². The van der Waals surface area contributed by atoms with E-state index in [0.29, 0.717) is 0 Å². The maximum absolute atomic E-state index is 12.5. The van der Waals surface area contributed by atoms with Crippen LogP contribution in [0.3, 0.4) is 0 Å². The van der Waals surface area contributed by atoms with Gasteiger partial charge in [0.1, 0.15) is 16.4 Å². The van der Waals surface area contributed by atoms with Gasteiger partial charge in [0.05, 0.1) is 19.3 Å². The molecule has 0 aromatic heterocycles. The molecule has 31 heavy (non-hydrogen) atoms. The Labute approximate surface area is 178 Å². The van der Waals surface area contributed by atoms with Gasteiger partial charge in [0, 0.05) is 19.8 Å². The molecule has 0 saturated carbocycles. The second-order valence-corrected chi connectivity index (χ2v) is 8.58. The van der Waals surface area contributed by atoms with Crippen molar-refractivity contribution >= 4 is 27.3 Å². The number of methoxy groups -OCH3 is 1. The first-order chi connectivity index (χ1) is 14.4. The predicted molar refractivity (Wildman–Crippen MR) is 109 cm³/mol. The molecule has 0 unspecified atom stereocenters. The van der Waals surface area contributed by atoms with Gasteiger partial charge >= 0.3 is 6.18 Å². The van der Waals surface area contributed by atoms with E-state index < -0.39 is 28.7 Å². The second-order valence-electron chi connectivity index (χ2n) is 6.45. The van der Waals surface area contributed by atoms with Crippen LogP contribution in [0.5, 0.6) is 11.5 Å². The number of benzene rings is 2. The first-order valence-electron chi connectivity index (χ1n) is 8.87. The normalized spacial score (nSPS) is 11.8. The number of carbonyl (C=O) groups is 1. The molecular weight excluding hydrogens is 439 g/mol. The molecule has 2 aromatic rings. The monoisotopic (exact) mass is 461 g/mol. The van der Waals surface area contributed by atoms with Crippen molar-refractivity contribution in [3.8, 4) is 11.5 Å².